The van der Waals surface area contributed by atoms with Gasteiger partial charge in [0.1, 0.15) is 0 Å². The van der Waals surface area contributed by atoms with Crippen molar-refractivity contribution in [3.05, 3.63) is 23.8 Å². The van der Waals surface area contributed by atoms with Crippen LogP contribution in [0.15, 0.2) is 18.2 Å². The van der Waals surface area contributed by atoms with Crippen LogP contribution in [0.2, 0.25) is 0 Å². The molecule has 1 aliphatic heterocycles. The maximum absolute atomic E-state index is 5.48. The number of hydrogen-bond acceptors (Lipinski definition) is 3. The van der Waals surface area contributed by atoms with Crippen LogP contribution in [0.1, 0.15) is 37.7 Å². The molecule has 22 heavy (non-hydrogen) atoms. The molecule has 0 radical (unpaired) electrons. The normalized spacial score (nSPS) is 37.2. The first kappa shape index (κ1) is 14.6. The van der Waals surface area contributed by atoms with Crippen molar-refractivity contribution in [3.8, 4) is 11.5 Å². The van der Waals surface area contributed by atoms with Crippen molar-refractivity contribution < 1.29 is 21.9 Å². The molecule has 4 bridgehead atoms. The van der Waals surface area contributed by atoms with Gasteiger partial charge < -0.3 is 27.2 Å². The third-order valence-corrected chi connectivity index (χ3v) is 6.21. The summed E-state index contributed by atoms with van der Waals surface area (Å²) in [6, 6.07) is 7.08. The SMILES string of the molecule is [Cl-].c1cc2c(cc1CNC1C3CC4CC(C3)CC1C4)OCO2. The van der Waals surface area contributed by atoms with Crippen LogP contribution in [0, 0.1) is 23.7 Å². The fourth-order valence-corrected chi connectivity index (χ4v) is 5.55. The predicted octanol–water partition coefficient (Wildman–Crippen LogP) is 0.334. The molecule has 0 unspecified atom stereocenters. The van der Waals surface area contributed by atoms with Crippen molar-refractivity contribution in [1.29, 1.82) is 0 Å². The van der Waals surface area contributed by atoms with Crippen molar-refractivity contribution >= 4 is 0 Å². The Morgan fingerprint density at radius 1 is 0.909 bits per heavy atom. The highest BCUT2D eigenvalue weighted by atomic mass is 35.5. The number of rotatable bonds is 3. The van der Waals surface area contributed by atoms with Crippen molar-refractivity contribution in [1.82, 2.24) is 5.32 Å². The van der Waals surface area contributed by atoms with Gasteiger partial charge in [-0.1, -0.05) is 6.07 Å². The van der Waals surface area contributed by atoms with E-state index in [4.69, 9.17) is 9.47 Å². The molecule has 3 nitrogen and oxygen atoms in total. The van der Waals surface area contributed by atoms with Gasteiger partial charge in [-0.15, -0.1) is 0 Å². The monoisotopic (exact) mass is 320 g/mol. The van der Waals surface area contributed by atoms with Gasteiger partial charge in [0.15, 0.2) is 11.5 Å². The first-order valence-electron chi connectivity index (χ1n) is 8.47. The molecule has 4 heteroatoms. The van der Waals surface area contributed by atoms with E-state index >= 15 is 0 Å². The van der Waals surface area contributed by atoms with Gasteiger partial charge in [0.2, 0.25) is 6.79 Å². The topological polar surface area (TPSA) is 30.5 Å². The zero-order valence-corrected chi connectivity index (χ0v) is 13.5. The Labute approximate surface area is 138 Å². The van der Waals surface area contributed by atoms with Crippen molar-refractivity contribution in [2.24, 2.45) is 23.7 Å². The van der Waals surface area contributed by atoms with Crippen LogP contribution >= 0.6 is 0 Å². The average Bonchev–Trinajstić information content (AvgIpc) is 2.93. The van der Waals surface area contributed by atoms with Crippen molar-refractivity contribution in [3.63, 3.8) is 0 Å². The molecule has 120 valence electrons. The Balaban J connectivity index is 0.00000125. The van der Waals surface area contributed by atoms with Crippen LogP contribution in [0.25, 0.3) is 0 Å². The maximum atomic E-state index is 5.48. The van der Waals surface area contributed by atoms with E-state index in [0.717, 1.165) is 47.8 Å². The van der Waals surface area contributed by atoms with E-state index in [1.807, 2.05) is 6.07 Å². The minimum atomic E-state index is 0. The summed E-state index contributed by atoms with van der Waals surface area (Å²) >= 11 is 0. The average molecular weight is 321 g/mol. The highest BCUT2D eigenvalue weighted by molar-refractivity contribution is 5.44. The molecule has 4 aliphatic carbocycles. The highest BCUT2D eigenvalue weighted by Crippen LogP contribution is 2.53. The summed E-state index contributed by atoms with van der Waals surface area (Å²) in [5.41, 5.74) is 1.31. The molecule has 1 heterocycles. The Morgan fingerprint density at radius 2 is 1.59 bits per heavy atom. The van der Waals surface area contributed by atoms with E-state index in [0.29, 0.717) is 6.79 Å². The summed E-state index contributed by atoms with van der Waals surface area (Å²) in [7, 11) is 0. The molecular formula is C18H23ClNO2-. The van der Waals surface area contributed by atoms with Crippen molar-refractivity contribution in [2.75, 3.05) is 6.79 Å². The first-order valence-corrected chi connectivity index (χ1v) is 8.47. The zero-order chi connectivity index (χ0) is 13.8. The Kier molecular flexibility index (Phi) is 3.74. The van der Waals surface area contributed by atoms with E-state index in [-0.39, 0.29) is 12.4 Å². The highest BCUT2D eigenvalue weighted by Gasteiger charge is 2.47. The fraction of sp³-hybridized carbons (Fsp3) is 0.667. The minimum absolute atomic E-state index is 0. The lowest BCUT2D eigenvalue weighted by Crippen LogP contribution is -3.00. The molecule has 0 amide bonds. The lowest BCUT2D eigenvalue weighted by Gasteiger charge is -2.54. The number of ether oxygens (including phenoxy) is 2. The molecule has 0 aromatic heterocycles. The Hall–Kier alpha value is -0.930. The number of nitrogens with one attached hydrogen (secondary N) is 1. The fourth-order valence-electron chi connectivity index (χ4n) is 5.55. The summed E-state index contributed by atoms with van der Waals surface area (Å²) in [6.45, 7) is 1.32. The van der Waals surface area contributed by atoms with Crippen LogP contribution in [-0.2, 0) is 6.54 Å². The second-order valence-electron chi connectivity index (χ2n) is 7.53. The molecule has 1 aromatic rings. The van der Waals surface area contributed by atoms with Gasteiger partial charge in [-0.3, -0.25) is 0 Å². The lowest BCUT2D eigenvalue weighted by molar-refractivity contribution is -0.0142. The smallest absolute Gasteiger partial charge is 0.231 e. The van der Waals surface area contributed by atoms with Gasteiger partial charge in [-0.25, -0.2) is 0 Å². The van der Waals surface area contributed by atoms with Crippen LogP contribution < -0.4 is 27.2 Å². The molecule has 4 saturated carbocycles. The lowest BCUT2D eigenvalue weighted by atomic mass is 9.54. The van der Waals surface area contributed by atoms with Gasteiger partial charge in [-0.05, 0) is 73.5 Å². The second-order valence-corrected chi connectivity index (χ2v) is 7.53. The van der Waals surface area contributed by atoms with Gasteiger partial charge in [-0.2, -0.15) is 0 Å². The van der Waals surface area contributed by atoms with Crippen LogP contribution in [0.3, 0.4) is 0 Å². The standard InChI is InChI=1S/C18H23NO2.ClH/c1-2-16-17(21-10-20-16)8-11(1)9-19-18-14-4-12-3-13(6-14)7-15(18)5-12;/h1-2,8,12-15,18-19H,3-7,9-10H2;1H/p-1. The minimum Gasteiger partial charge on any atom is -1.00 e. The third-order valence-electron chi connectivity index (χ3n) is 6.21. The molecule has 0 atom stereocenters. The zero-order valence-electron chi connectivity index (χ0n) is 12.8. The van der Waals surface area contributed by atoms with Gasteiger partial charge in [0, 0.05) is 12.6 Å². The summed E-state index contributed by atoms with van der Waals surface area (Å²) < 4.78 is 10.9. The number of fused-ring (bicyclic) bond motifs is 1. The summed E-state index contributed by atoms with van der Waals surface area (Å²) in [4.78, 5) is 0. The predicted molar refractivity (Wildman–Crippen MR) is 80.2 cm³/mol. The van der Waals surface area contributed by atoms with E-state index in [9.17, 15) is 0 Å². The van der Waals surface area contributed by atoms with E-state index in [1.165, 1.54) is 37.7 Å². The molecule has 5 aliphatic rings. The first-order chi connectivity index (χ1) is 10.3. The summed E-state index contributed by atoms with van der Waals surface area (Å²) in [6.07, 6.45) is 7.44. The Bertz CT molecular complexity index is 534. The summed E-state index contributed by atoms with van der Waals surface area (Å²) in [5, 5.41) is 3.88. The number of benzene rings is 1. The Morgan fingerprint density at radius 3 is 2.32 bits per heavy atom. The molecule has 1 N–H and O–H groups in total. The van der Waals surface area contributed by atoms with Gasteiger partial charge in [0.25, 0.3) is 0 Å². The molecule has 0 spiro atoms. The second kappa shape index (κ2) is 5.61. The van der Waals surface area contributed by atoms with Gasteiger partial charge >= 0.3 is 0 Å². The number of halogens is 1. The molecule has 6 rings (SSSR count). The van der Waals surface area contributed by atoms with E-state index < -0.39 is 0 Å². The largest absolute Gasteiger partial charge is 1.00 e. The van der Waals surface area contributed by atoms with Crippen LogP contribution in [-0.4, -0.2) is 12.8 Å². The number of hydrogen-bond donors (Lipinski definition) is 1. The van der Waals surface area contributed by atoms with E-state index in [1.54, 1.807) is 0 Å². The van der Waals surface area contributed by atoms with Crippen molar-refractivity contribution in [2.45, 2.75) is 44.7 Å². The molecule has 4 fully saturated rings. The molecule has 0 saturated heterocycles. The summed E-state index contributed by atoms with van der Waals surface area (Å²) in [5.74, 6) is 5.77. The molecule has 1 aromatic carbocycles. The molecular weight excluding hydrogens is 298 g/mol. The van der Waals surface area contributed by atoms with Gasteiger partial charge in [0.05, 0.1) is 0 Å². The van der Waals surface area contributed by atoms with Crippen LogP contribution in [0.5, 0.6) is 11.5 Å². The third kappa shape index (κ3) is 2.39. The maximum Gasteiger partial charge on any atom is 0.231 e. The van der Waals surface area contributed by atoms with E-state index in [2.05, 4.69) is 17.4 Å². The quantitative estimate of drug-likeness (QED) is 0.871. The van der Waals surface area contributed by atoms with Crippen LogP contribution in [0.4, 0.5) is 0 Å².